The van der Waals surface area contributed by atoms with E-state index in [1.807, 2.05) is 82.9 Å². The largest absolute Gasteiger partial charge is 0.428 e. The first-order valence-electron chi connectivity index (χ1n) is 15.1. The van der Waals surface area contributed by atoms with Gasteiger partial charge >= 0.3 is 0 Å². The van der Waals surface area contributed by atoms with Gasteiger partial charge in [0, 0.05) is 38.1 Å². The summed E-state index contributed by atoms with van der Waals surface area (Å²) in [4.78, 5) is 43.7. The number of carbonyl (C=O) groups excluding carboxylic acids is 2. The van der Waals surface area contributed by atoms with E-state index in [1.165, 1.54) is 4.73 Å². The monoisotopic (exact) mass is 589 g/mol. The second-order valence-corrected chi connectivity index (χ2v) is 11.7. The Morgan fingerprint density at radius 1 is 0.659 bits per heavy atom. The number of rotatable bonds is 6. The van der Waals surface area contributed by atoms with Crippen molar-refractivity contribution in [1.82, 2.24) is 34.5 Å². The van der Waals surface area contributed by atoms with Crippen molar-refractivity contribution in [2.45, 2.75) is 51.6 Å². The van der Waals surface area contributed by atoms with Crippen LogP contribution in [0.2, 0.25) is 0 Å². The number of likely N-dealkylation sites (tertiary alicyclic amines) is 2. The Morgan fingerprint density at radius 3 is 1.43 bits per heavy atom. The first-order valence-corrected chi connectivity index (χ1v) is 15.1. The molecule has 5 aromatic rings. The molecular formula is C34H35N7O3. The van der Waals surface area contributed by atoms with Gasteiger partial charge in [-0.1, -0.05) is 48.5 Å². The summed E-state index contributed by atoms with van der Waals surface area (Å²) in [6, 6.07) is 19.8. The number of benzene rings is 2. The molecule has 0 bridgehead atoms. The maximum Gasteiger partial charge on any atom is 0.220 e. The minimum atomic E-state index is -0.00161. The van der Waals surface area contributed by atoms with Crippen LogP contribution in [-0.4, -0.2) is 64.6 Å². The molecule has 2 amide bonds. The number of nitrogens with zero attached hydrogens (tertiary/aromatic N) is 5. The van der Waals surface area contributed by atoms with Crippen LogP contribution < -0.4 is 0 Å². The van der Waals surface area contributed by atoms with Crippen molar-refractivity contribution >= 4 is 11.8 Å². The van der Waals surface area contributed by atoms with Crippen LogP contribution in [-0.2, 0) is 9.59 Å². The third kappa shape index (κ3) is 4.96. The van der Waals surface area contributed by atoms with Crippen LogP contribution in [0.25, 0.3) is 45.0 Å². The predicted molar refractivity (Wildman–Crippen MR) is 166 cm³/mol. The van der Waals surface area contributed by atoms with Crippen LogP contribution in [0, 0.1) is 0 Å². The molecule has 2 aliphatic rings. The summed E-state index contributed by atoms with van der Waals surface area (Å²) < 4.78 is 1.22. The zero-order chi connectivity index (χ0) is 30.4. The highest BCUT2D eigenvalue weighted by molar-refractivity contribution is 5.75. The van der Waals surface area contributed by atoms with E-state index in [1.54, 1.807) is 13.8 Å². The second kappa shape index (κ2) is 11.2. The van der Waals surface area contributed by atoms with Crippen molar-refractivity contribution < 1.29 is 14.8 Å². The van der Waals surface area contributed by atoms with Gasteiger partial charge in [-0.15, -0.1) is 0 Å². The van der Waals surface area contributed by atoms with Crippen molar-refractivity contribution in [2.75, 3.05) is 13.1 Å². The number of amides is 2. The van der Waals surface area contributed by atoms with Gasteiger partial charge in [-0.2, -0.15) is 4.73 Å². The van der Waals surface area contributed by atoms with E-state index in [9.17, 15) is 14.8 Å². The van der Waals surface area contributed by atoms with Gasteiger partial charge in [0.15, 0.2) is 0 Å². The summed E-state index contributed by atoms with van der Waals surface area (Å²) in [6.45, 7) is 4.75. The standard InChI is InChI=1S/C34H35N7O3/c1-21(42)39-17-3-5-31(39)33-35-19-27(37-33)23-7-11-25(12-8-23)29-15-16-30(41(29)44)26-13-9-24(10-14-26)28-20-36-34(38-28)32-6-4-18-40(32)22(2)43/h7-16,19-20,31-32,44H,3-6,17-18H2,1-2H3,(H,35,37)(H,36,38). The minimum absolute atomic E-state index is 0.00161. The van der Waals surface area contributed by atoms with Crippen LogP contribution in [0.3, 0.4) is 0 Å². The van der Waals surface area contributed by atoms with E-state index in [-0.39, 0.29) is 23.9 Å². The predicted octanol–water partition coefficient (Wildman–Crippen LogP) is 6.21. The van der Waals surface area contributed by atoms with E-state index in [4.69, 9.17) is 0 Å². The van der Waals surface area contributed by atoms with Crippen molar-refractivity contribution in [3.8, 4) is 45.0 Å². The molecule has 0 spiro atoms. The van der Waals surface area contributed by atoms with Crippen LogP contribution in [0.1, 0.15) is 63.3 Å². The first-order chi connectivity index (χ1) is 21.4. The zero-order valence-electron chi connectivity index (χ0n) is 24.8. The molecule has 2 saturated heterocycles. The second-order valence-electron chi connectivity index (χ2n) is 11.7. The zero-order valence-corrected chi connectivity index (χ0v) is 24.8. The number of carbonyl (C=O) groups is 2. The summed E-state index contributed by atoms with van der Waals surface area (Å²) in [6.07, 6.45) is 7.42. The quantitative estimate of drug-likeness (QED) is 0.203. The molecule has 44 heavy (non-hydrogen) atoms. The number of H-pyrrole nitrogens is 2. The van der Waals surface area contributed by atoms with Gasteiger partial charge in [-0.25, -0.2) is 9.97 Å². The fraction of sp³-hybridized carbons (Fsp3) is 0.294. The summed E-state index contributed by atoms with van der Waals surface area (Å²) >= 11 is 0. The van der Waals surface area contributed by atoms with Gasteiger partial charge in [-0.05, 0) is 48.9 Å². The highest BCUT2D eigenvalue weighted by atomic mass is 16.5. The maximum absolute atomic E-state index is 12.0. The molecule has 10 heteroatoms. The third-order valence-corrected chi connectivity index (χ3v) is 8.98. The maximum atomic E-state index is 12.0. The minimum Gasteiger partial charge on any atom is -0.428 e. The van der Waals surface area contributed by atoms with Crippen LogP contribution in [0.5, 0.6) is 0 Å². The molecule has 0 saturated carbocycles. The molecule has 2 fully saturated rings. The van der Waals surface area contributed by atoms with Gasteiger partial charge in [-0.3, -0.25) is 9.59 Å². The lowest BCUT2D eigenvalue weighted by Gasteiger charge is -2.21. The average Bonchev–Trinajstić information content (AvgIpc) is 3.86. The van der Waals surface area contributed by atoms with Gasteiger partial charge in [0.2, 0.25) is 11.8 Å². The third-order valence-electron chi connectivity index (χ3n) is 8.98. The smallest absolute Gasteiger partial charge is 0.220 e. The van der Waals surface area contributed by atoms with Gasteiger partial charge in [0.1, 0.15) is 11.6 Å². The Labute approximate surface area is 255 Å². The fourth-order valence-electron chi connectivity index (χ4n) is 6.67. The molecule has 7 rings (SSSR count). The lowest BCUT2D eigenvalue weighted by Crippen LogP contribution is -2.28. The molecule has 10 nitrogen and oxygen atoms in total. The molecule has 3 N–H and O–H groups in total. The molecule has 2 aromatic carbocycles. The van der Waals surface area contributed by atoms with Gasteiger partial charge < -0.3 is 25.0 Å². The van der Waals surface area contributed by atoms with E-state index >= 15 is 0 Å². The molecule has 2 unspecified atom stereocenters. The molecule has 2 atom stereocenters. The molecule has 0 aliphatic carbocycles. The van der Waals surface area contributed by atoms with Crippen molar-refractivity contribution in [3.05, 3.63) is 84.7 Å². The van der Waals surface area contributed by atoms with Gasteiger partial charge in [0.05, 0.1) is 47.3 Å². The molecular weight excluding hydrogens is 554 g/mol. The molecule has 3 aromatic heterocycles. The van der Waals surface area contributed by atoms with Crippen LogP contribution in [0.15, 0.2) is 73.1 Å². The Morgan fingerprint density at radius 2 is 1.05 bits per heavy atom. The lowest BCUT2D eigenvalue weighted by atomic mass is 10.1. The summed E-state index contributed by atoms with van der Waals surface area (Å²) in [5.74, 6) is 1.79. The lowest BCUT2D eigenvalue weighted by molar-refractivity contribution is -0.130. The Hall–Kier alpha value is -5.12. The molecule has 5 heterocycles. The summed E-state index contributed by atoms with van der Waals surface area (Å²) in [5, 5.41) is 11.1. The van der Waals surface area contributed by atoms with Gasteiger partial charge in [0.25, 0.3) is 0 Å². The number of nitrogens with one attached hydrogen (secondary N) is 2. The molecule has 224 valence electrons. The highest BCUT2D eigenvalue weighted by Gasteiger charge is 2.31. The highest BCUT2D eigenvalue weighted by Crippen LogP contribution is 2.34. The number of aromatic nitrogens is 5. The normalized spacial score (nSPS) is 18.3. The van der Waals surface area contributed by atoms with Crippen molar-refractivity contribution in [2.24, 2.45) is 0 Å². The van der Waals surface area contributed by atoms with E-state index in [0.29, 0.717) is 11.4 Å². The van der Waals surface area contributed by atoms with E-state index in [0.717, 1.165) is 84.1 Å². The SMILES string of the molecule is CC(=O)N1CCCC1c1ncc(-c2ccc(-c3ccc(-c4ccc(-c5cnc(C6CCCN6C(C)=O)[nH]5)cc4)n3O)cc2)[nH]1. The van der Waals surface area contributed by atoms with Crippen LogP contribution >= 0.6 is 0 Å². The molecule has 0 radical (unpaired) electrons. The van der Waals surface area contributed by atoms with Crippen molar-refractivity contribution in [3.63, 3.8) is 0 Å². The average molecular weight is 590 g/mol. The number of aromatic amines is 2. The summed E-state index contributed by atoms with van der Waals surface area (Å²) in [7, 11) is 0. The summed E-state index contributed by atoms with van der Waals surface area (Å²) in [5.41, 5.74) is 6.90. The molecule has 2 aliphatic heterocycles. The number of imidazole rings is 2. The fourth-order valence-corrected chi connectivity index (χ4v) is 6.67. The van der Waals surface area contributed by atoms with E-state index in [2.05, 4.69) is 19.9 Å². The Bertz CT molecular complexity index is 1680. The Kier molecular flexibility index (Phi) is 7.04. The first kappa shape index (κ1) is 27.7. The van der Waals surface area contributed by atoms with Crippen LogP contribution in [0.4, 0.5) is 0 Å². The number of hydrogen-bond donors (Lipinski definition) is 3. The van der Waals surface area contributed by atoms with Crippen molar-refractivity contribution in [1.29, 1.82) is 0 Å². The Balaban J connectivity index is 1.06. The topological polar surface area (TPSA) is 123 Å². The van der Waals surface area contributed by atoms with E-state index < -0.39 is 0 Å². The number of hydrogen-bond acceptors (Lipinski definition) is 5.